The third-order valence-electron chi connectivity index (χ3n) is 3.09. The molecule has 0 bridgehead atoms. The highest BCUT2D eigenvalue weighted by molar-refractivity contribution is 7.99. The molecule has 2 amide bonds. The van der Waals surface area contributed by atoms with Crippen molar-refractivity contribution in [3.63, 3.8) is 0 Å². The highest BCUT2D eigenvalue weighted by Crippen LogP contribution is 2.18. The number of nitrogens with one attached hydrogen (secondary N) is 1. The lowest BCUT2D eigenvalue weighted by Crippen LogP contribution is -2.57. The molecule has 1 saturated heterocycles. The molecule has 2 rings (SSSR count). The van der Waals surface area contributed by atoms with Gasteiger partial charge in [-0.1, -0.05) is 13.0 Å². The Morgan fingerprint density at radius 2 is 2.47 bits per heavy atom. The minimum absolute atomic E-state index is 0.0228. The summed E-state index contributed by atoms with van der Waals surface area (Å²) in [7, 11) is 0. The van der Waals surface area contributed by atoms with Gasteiger partial charge in [0.15, 0.2) is 0 Å². The molecule has 1 atom stereocenters. The molecule has 2 heterocycles. The smallest absolute Gasteiger partial charge is 0.242 e. The minimum atomic E-state index is -0.288. The molecule has 1 N–H and O–H groups in total. The average molecular weight is 298 g/mol. The summed E-state index contributed by atoms with van der Waals surface area (Å²) in [6.45, 7) is 3.13. The second-order valence-electron chi connectivity index (χ2n) is 4.37. The van der Waals surface area contributed by atoms with E-state index in [2.05, 4.69) is 11.4 Å². The highest BCUT2D eigenvalue weighted by atomic mass is 32.2. The fraction of sp³-hybridized carbons (Fsp3) is 0.538. The van der Waals surface area contributed by atoms with Gasteiger partial charge in [-0.25, -0.2) is 0 Å². The Hall–Kier alpha value is -1.01. The van der Waals surface area contributed by atoms with Crippen molar-refractivity contribution in [3.05, 3.63) is 22.4 Å². The Morgan fingerprint density at radius 1 is 1.63 bits per heavy atom. The zero-order valence-electron chi connectivity index (χ0n) is 10.9. The minimum Gasteiger partial charge on any atom is -0.353 e. The Labute approximate surface area is 121 Å². The molecule has 1 fully saturated rings. The Bertz CT molecular complexity index is 434. The zero-order chi connectivity index (χ0) is 13.7. The molecule has 1 aromatic rings. The summed E-state index contributed by atoms with van der Waals surface area (Å²) in [5, 5.41) is 4.85. The maximum absolute atomic E-state index is 12.2. The number of thiophene rings is 1. The number of carbonyl (C=O) groups is 2. The highest BCUT2D eigenvalue weighted by Gasteiger charge is 2.31. The van der Waals surface area contributed by atoms with Crippen LogP contribution in [0.5, 0.6) is 0 Å². The number of thioether (sulfide) groups is 1. The predicted octanol–water partition coefficient (Wildman–Crippen LogP) is 1.72. The van der Waals surface area contributed by atoms with Crippen LogP contribution in [0.2, 0.25) is 0 Å². The van der Waals surface area contributed by atoms with Gasteiger partial charge < -0.3 is 10.2 Å². The normalized spacial score (nSPS) is 19.3. The van der Waals surface area contributed by atoms with Crippen molar-refractivity contribution >= 4 is 34.9 Å². The van der Waals surface area contributed by atoms with Crippen LogP contribution in [-0.4, -0.2) is 41.6 Å². The van der Waals surface area contributed by atoms with Crippen LogP contribution in [0.1, 0.15) is 18.2 Å². The Balaban J connectivity index is 1.82. The first-order valence-electron chi connectivity index (χ1n) is 6.39. The summed E-state index contributed by atoms with van der Waals surface area (Å²) in [6.07, 6.45) is 0.674. The molecule has 0 radical (unpaired) electrons. The van der Waals surface area contributed by atoms with Gasteiger partial charge in [-0.05, 0) is 17.9 Å². The fourth-order valence-corrected chi connectivity index (χ4v) is 3.89. The van der Waals surface area contributed by atoms with Crippen molar-refractivity contribution in [2.75, 3.05) is 18.8 Å². The molecule has 0 spiro atoms. The second kappa shape index (κ2) is 6.96. The molecule has 19 heavy (non-hydrogen) atoms. The largest absolute Gasteiger partial charge is 0.353 e. The summed E-state index contributed by atoms with van der Waals surface area (Å²) >= 11 is 3.32. The molecule has 1 unspecified atom stereocenters. The van der Waals surface area contributed by atoms with E-state index in [-0.39, 0.29) is 17.9 Å². The maximum atomic E-state index is 12.2. The van der Waals surface area contributed by atoms with E-state index in [1.54, 1.807) is 28.0 Å². The average Bonchev–Trinajstić information content (AvgIpc) is 2.91. The van der Waals surface area contributed by atoms with Crippen molar-refractivity contribution in [1.29, 1.82) is 0 Å². The van der Waals surface area contributed by atoms with E-state index in [1.807, 2.05) is 18.4 Å². The molecule has 0 saturated carbocycles. The van der Waals surface area contributed by atoms with E-state index in [0.29, 0.717) is 25.3 Å². The number of rotatable bonds is 5. The standard InChI is InChI=1S/C13H18N2O2S2/c1-2-11-13(17)14-5-6-15(11)12(16)9-18-8-10-4-3-7-19-10/h3-4,7,11H,2,5-6,8-9H2,1H3,(H,14,17). The SMILES string of the molecule is CCC1C(=O)NCCN1C(=O)CSCc1cccs1. The van der Waals surface area contributed by atoms with Crippen LogP contribution in [0.15, 0.2) is 17.5 Å². The number of nitrogens with zero attached hydrogens (tertiary/aromatic N) is 1. The number of amides is 2. The van der Waals surface area contributed by atoms with Crippen molar-refractivity contribution in [2.24, 2.45) is 0 Å². The molecule has 104 valence electrons. The number of piperazine rings is 1. The molecule has 4 nitrogen and oxygen atoms in total. The molecular formula is C13H18N2O2S2. The summed E-state index contributed by atoms with van der Waals surface area (Å²) < 4.78 is 0. The molecule has 1 aliphatic heterocycles. The first kappa shape index (κ1) is 14.4. The lowest BCUT2D eigenvalue weighted by molar-refractivity contribution is -0.141. The molecule has 0 aliphatic carbocycles. The van der Waals surface area contributed by atoms with Gasteiger partial charge in [-0.15, -0.1) is 23.1 Å². The lowest BCUT2D eigenvalue weighted by Gasteiger charge is -2.34. The number of hydrogen-bond donors (Lipinski definition) is 1. The van der Waals surface area contributed by atoms with E-state index in [9.17, 15) is 9.59 Å². The van der Waals surface area contributed by atoms with Crippen LogP contribution in [0.4, 0.5) is 0 Å². The summed E-state index contributed by atoms with van der Waals surface area (Å²) in [6, 6.07) is 3.80. The zero-order valence-corrected chi connectivity index (χ0v) is 12.6. The van der Waals surface area contributed by atoms with E-state index in [0.717, 1.165) is 5.75 Å². The summed E-state index contributed by atoms with van der Waals surface area (Å²) in [4.78, 5) is 26.9. The van der Waals surface area contributed by atoms with Gasteiger partial charge in [0, 0.05) is 23.7 Å². The fourth-order valence-electron chi connectivity index (χ4n) is 2.14. The summed E-state index contributed by atoms with van der Waals surface area (Å²) in [5.41, 5.74) is 0. The third-order valence-corrected chi connectivity index (χ3v) is 5.11. The monoisotopic (exact) mass is 298 g/mol. The third kappa shape index (κ3) is 3.73. The van der Waals surface area contributed by atoms with Crippen LogP contribution < -0.4 is 5.32 Å². The Kier molecular flexibility index (Phi) is 5.27. The predicted molar refractivity (Wildman–Crippen MR) is 79.3 cm³/mol. The molecule has 6 heteroatoms. The van der Waals surface area contributed by atoms with Crippen LogP contribution in [0.3, 0.4) is 0 Å². The summed E-state index contributed by atoms with van der Waals surface area (Å²) in [5.74, 6) is 1.36. The van der Waals surface area contributed by atoms with E-state index < -0.39 is 0 Å². The maximum Gasteiger partial charge on any atom is 0.242 e. The number of hydrogen-bond acceptors (Lipinski definition) is 4. The molecular weight excluding hydrogens is 280 g/mol. The van der Waals surface area contributed by atoms with Gasteiger partial charge in [0.25, 0.3) is 0 Å². The van der Waals surface area contributed by atoms with Crippen LogP contribution >= 0.6 is 23.1 Å². The second-order valence-corrected chi connectivity index (χ2v) is 6.39. The number of carbonyl (C=O) groups excluding carboxylic acids is 2. The quantitative estimate of drug-likeness (QED) is 0.900. The van der Waals surface area contributed by atoms with Crippen LogP contribution in [0.25, 0.3) is 0 Å². The van der Waals surface area contributed by atoms with E-state index in [4.69, 9.17) is 0 Å². The lowest BCUT2D eigenvalue weighted by atomic mass is 10.1. The first-order valence-corrected chi connectivity index (χ1v) is 8.43. The van der Waals surface area contributed by atoms with Gasteiger partial charge in [-0.3, -0.25) is 9.59 Å². The van der Waals surface area contributed by atoms with Crippen molar-refractivity contribution < 1.29 is 9.59 Å². The van der Waals surface area contributed by atoms with Gasteiger partial charge >= 0.3 is 0 Å². The van der Waals surface area contributed by atoms with Gasteiger partial charge in [-0.2, -0.15) is 0 Å². The van der Waals surface area contributed by atoms with Gasteiger partial charge in [0.05, 0.1) is 5.75 Å². The van der Waals surface area contributed by atoms with Crippen molar-refractivity contribution in [3.8, 4) is 0 Å². The van der Waals surface area contributed by atoms with Crippen LogP contribution in [0, 0.1) is 0 Å². The van der Waals surface area contributed by atoms with E-state index >= 15 is 0 Å². The van der Waals surface area contributed by atoms with Gasteiger partial charge in [0.1, 0.15) is 6.04 Å². The molecule has 1 aromatic heterocycles. The van der Waals surface area contributed by atoms with Gasteiger partial charge in [0.2, 0.25) is 11.8 Å². The first-order chi connectivity index (χ1) is 9.22. The Morgan fingerprint density at radius 3 is 3.16 bits per heavy atom. The molecule has 1 aliphatic rings. The van der Waals surface area contributed by atoms with Crippen LogP contribution in [-0.2, 0) is 15.3 Å². The van der Waals surface area contributed by atoms with Crippen molar-refractivity contribution in [2.45, 2.75) is 25.1 Å². The van der Waals surface area contributed by atoms with E-state index in [1.165, 1.54) is 4.88 Å². The topological polar surface area (TPSA) is 49.4 Å². The van der Waals surface area contributed by atoms with Crippen molar-refractivity contribution in [1.82, 2.24) is 10.2 Å². The molecule has 0 aromatic carbocycles.